The molecule has 2 aromatic rings. The predicted octanol–water partition coefficient (Wildman–Crippen LogP) is 2.13. The zero-order chi connectivity index (χ0) is 27.8. The number of aliphatic carboxylic acids is 1. The molecule has 0 unspecified atom stereocenters. The van der Waals surface area contributed by atoms with Gasteiger partial charge in [-0.15, -0.1) is 0 Å². The van der Waals surface area contributed by atoms with E-state index in [-0.39, 0.29) is 36.6 Å². The van der Waals surface area contributed by atoms with Gasteiger partial charge in [-0.05, 0) is 49.7 Å². The van der Waals surface area contributed by atoms with Gasteiger partial charge in [0.15, 0.2) is 0 Å². The van der Waals surface area contributed by atoms with Crippen molar-refractivity contribution in [3.05, 3.63) is 71.8 Å². The van der Waals surface area contributed by atoms with Crippen LogP contribution in [0.25, 0.3) is 0 Å². The van der Waals surface area contributed by atoms with Crippen LogP contribution in [0.4, 0.5) is 0 Å². The number of rotatable bonds is 11. The number of nitrogens with zero attached hydrogens (tertiary/aromatic N) is 2. The fourth-order valence-electron chi connectivity index (χ4n) is 5.61. The van der Waals surface area contributed by atoms with Gasteiger partial charge in [-0.1, -0.05) is 60.7 Å². The number of hydrogen-bond donors (Lipinski definition) is 3. The van der Waals surface area contributed by atoms with Gasteiger partial charge in [0.05, 0.1) is 0 Å². The lowest BCUT2D eigenvalue weighted by Crippen LogP contribution is -2.56. The van der Waals surface area contributed by atoms with Crippen LogP contribution in [-0.2, 0) is 32.0 Å². The molecular weight excluding hydrogens is 496 g/mol. The second kappa shape index (κ2) is 13.4. The van der Waals surface area contributed by atoms with Gasteiger partial charge in [0.25, 0.3) is 0 Å². The van der Waals surface area contributed by atoms with Gasteiger partial charge < -0.3 is 26.0 Å². The molecule has 2 aliphatic rings. The van der Waals surface area contributed by atoms with E-state index in [1.165, 1.54) is 9.80 Å². The largest absolute Gasteiger partial charge is 0.480 e. The van der Waals surface area contributed by atoms with Crippen LogP contribution in [0, 0.1) is 0 Å². The van der Waals surface area contributed by atoms with E-state index in [1.54, 1.807) is 0 Å². The molecule has 0 spiro atoms. The third-order valence-electron chi connectivity index (χ3n) is 7.65. The first-order valence-electron chi connectivity index (χ1n) is 13.8. The summed E-state index contributed by atoms with van der Waals surface area (Å²) in [6.07, 6.45) is 3.92. The topological polar surface area (TPSA) is 133 Å². The van der Waals surface area contributed by atoms with Crippen LogP contribution in [0.15, 0.2) is 60.7 Å². The second-order valence-corrected chi connectivity index (χ2v) is 10.5. The Balaban J connectivity index is 1.43. The molecule has 39 heavy (non-hydrogen) atoms. The number of nitrogens with one attached hydrogen (secondary N) is 1. The molecule has 2 fully saturated rings. The molecule has 0 aromatic heterocycles. The summed E-state index contributed by atoms with van der Waals surface area (Å²) in [5.41, 5.74) is 8.30. The van der Waals surface area contributed by atoms with Crippen LogP contribution in [0.1, 0.15) is 49.7 Å². The Morgan fingerprint density at radius 1 is 0.872 bits per heavy atom. The molecule has 0 radical (unpaired) electrons. The first-order chi connectivity index (χ1) is 18.8. The highest BCUT2D eigenvalue weighted by Gasteiger charge is 2.43. The number of hydrogen-bond acceptors (Lipinski definition) is 5. The van der Waals surface area contributed by atoms with Crippen LogP contribution in [0.5, 0.6) is 0 Å². The first-order valence-corrected chi connectivity index (χ1v) is 13.8. The van der Waals surface area contributed by atoms with Crippen molar-refractivity contribution in [2.45, 2.75) is 75.5 Å². The fraction of sp³-hybridized carbons (Fsp3) is 0.467. The van der Waals surface area contributed by atoms with Crippen molar-refractivity contribution in [2.24, 2.45) is 5.73 Å². The summed E-state index contributed by atoms with van der Waals surface area (Å²) in [6.45, 7) is 0.762. The Morgan fingerprint density at radius 3 is 2.10 bits per heavy atom. The molecule has 9 nitrogen and oxygen atoms in total. The minimum atomic E-state index is -1.02. The lowest BCUT2D eigenvalue weighted by Gasteiger charge is -2.32. The maximum atomic E-state index is 13.8. The van der Waals surface area contributed by atoms with Crippen molar-refractivity contribution in [1.82, 2.24) is 15.1 Å². The maximum absolute atomic E-state index is 13.8. The molecule has 4 rings (SSSR count). The molecule has 0 saturated carbocycles. The summed E-state index contributed by atoms with van der Waals surface area (Å²) in [5.74, 6) is -1.97. The predicted molar refractivity (Wildman–Crippen MR) is 147 cm³/mol. The van der Waals surface area contributed by atoms with E-state index in [9.17, 15) is 24.3 Å². The molecular formula is C30H38N4O5. The lowest BCUT2D eigenvalue weighted by molar-refractivity contribution is -0.152. The number of aryl methyl sites for hydroxylation is 1. The molecule has 9 heteroatoms. The number of carbonyl (C=O) groups is 4. The Hall–Kier alpha value is -3.72. The standard InChI is InChI=1S/C30H38N4O5/c31-23(16-15-21-9-3-1-4-10-21)20-27(35)32-24(19-22-11-5-2-6-12-22)28(36)33-17-7-13-25(33)29(37)34-18-8-14-26(34)30(38)39/h1-6,9-12,23-26H,7-8,13-20,31H2,(H,32,35)(H,38,39)/t23-,24-,25-,26-/m1/s1. The summed E-state index contributed by atoms with van der Waals surface area (Å²) in [7, 11) is 0. The van der Waals surface area contributed by atoms with Crippen molar-refractivity contribution in [1.29, 1.82) is 0 Å². The van der Waals surface area contributed by atoms with Gasteiger partial charge in [0, 0.05) is 32.0 Å². The maximum Gasteiger partial charge on any atom is 0.326 e. The number of likely N-dealkylation sites (tertiary alicyclic amines) is 2. The molecule has 208 valence electrons. The minimum absolute atomic E-state index is 0.0852. The van der Waals surface area contributed by atoms with E-state index < -0.39 is 24.1 Å². The number of carbonyl (C=O) groups excluding carboxylic acids is 3. The highest BCUT2D eigenvalue weighted by molar-refractivity contribution is 5.94. The van der Waals surface area contributed by atoms with Crippen LogP contribution in [-0.4, -0.2) is 75.9 Å². The molecule has 0 aliphatic carbocycles. The van der Waals surface area contributed by atoms with E-state index in [1.807, 2.05) is 60.7 Å². The fourth-order valence-corrected chi connectivity index (χ4v) is 5.61. The van der Waals surface area contributed by atoms with E-state index in [2.05, 4.69) is 5.32 Å². The molecule has 3 amide bonds. The van der Waals surface area contributed by atoms with Crippen molar-refractivity contribution < 1.29 is 24.3 Å². The third-order valence-corrected chi connectivity index (χ3v) is 7.65. The molecule has 4 atom stereocenters. The average molecular weight is 535 g/mol. The van der Waals surface area contributed by atoms with Crippen molar-refractivity contribution in [3.63, 3.8) is 0 Å². The lowest BCUT2D eigenvalue weighted by atomic mass is 10.0. The number of amides is 3. The normalized spacial score (nSPS) is 20.4. The Kier molecular flexibility index (Phi) is 9.70. The molecule has 0 bridgehead atoms. The SMILES string of the molecule is N[C@H](CCc1ccccc1)CC(=O)N[C@H](Cc1ccccc1)C(=O)N1CCC[C@@H]1C(=O)N1CCC[C@@H]1C(=O)O. The smallest absolute Gasteiger partial charge is 0.326 e. The van der Waals surface area contributed by atoms with Crippen molar-refractivity contribution in [3.8, 4) is 0 Å². The van der Waals surface area contributed by atoms with Gasteiger partial charge in [-0.2, -0.15) is 0 Å². The van der Waals surface area contributed by atoms with Crippen LogP contribution in [0.3, 0.4) is 0 Å². The van der Waals surface area contributed by atoms with Crippen molar-refractivity contribution in [2.75, 3.05) is 13.1 Å². The van der Waals surface area contributed by atoms with Crippen LogP contribution >= 0.6 is 0 Å². The average Bonchev–Trinajstić information content (AvgIpc) is 3.62. The van der Waals surface area contributed by atoms with Gasteiger partial charge in [0.2, 0.25) is 17.7 Å². The van der Waals surface area contributed by atoms with Gasteiger partial charge in [0.1, 0.15) is 18.1 Å². The summed E-state index contributed by atoms with van der Waals surface area (Å²) in [6, 6.07) is 16.6. The van der Waals surface area contributed by atoms with E-state index >= 15 is 0 Å². The first kappa shape index (κ1) is 28.3. The van der Waals surface area contributed by atoms with Gasteiger partial charge in [-0.25, -0.2) is 4.79 Å². The van der Waals surface area contributed by atoms with Gasteiger partial charge in [-0.3, -0.25) is 14.4 Å². The number of carboxylic acid groups (broad SMARTS) is 1. The third kappa shape index (κ3) is 7.44. The minimum Gasteiger partial charge on any atom is -0.480 e. The highest BCUT2D eigenvalue weighted by Crippen LogP contribution is 2.26. The highest BCUT2D eigenvalue weighted by atomic mass is 16.4. The quantitative estimate of drug-likeness (QED) is 0.405. The molecule has 2 aromatic carbocycles. The Morgan fingerprint density at radius 2 is 1.46 bits per heavy atom. The van der Waals surface area contributed by atoms with E-state index in [0.717, 1.165) is 17.5 Å². The summed E-state index contributed by atoms with van der Waals surface area (Å²) in [5, 5.41) is 12.4. The van der Waals surface area contributed by atoms with Crippen molar-refractivity contribution >= 4 is 23.7 Å². The Bertz CT molecular complexity index is 1140. The molecule has 4 N–H and O–H groups in total. The zero-order valence-electron chi connectivity index (χ0n) is 22.2. The molecule has 2 aliphatic heterocycles. The number of benzene rings is 2. The summed E-state index contributed by atoms with van der Waals surface area (Å²) < 4.78 is 0. The molecule has 2 heterocycles. The molecule has 2 saturated heterocycles. The summed E-state index contributed by atoms with van der Waals surface area (Å²) >= 11 is 0. The zero-order valence-corrected chi connectivity index (χ0v) is 22.2. The monoisotopic (exact) mass is 534 g/mol. The second-order valence-electron chi connectivity index (χ2n) is 10.5. The Labute approximate surface area is 229 Å². The van der Waals surface area contributed by atoms with Gasteiger partial charge >= 0.3 is 5.97 Å². The van der Waals surface area contributed by atoms with Crippen LogP contribution < -0.4 is 11.1 Å². The number of carboxylic acids is 1. The van der Waals surface area contributed by atoms with E-state index in [0.29, 0.717) is 45.2 Å². The van der Waals surface area contributed by atoms with Crippen LogP contribution in [0.2, 0.25) is 0 Å². The number of nitrogens with two attached hydrogens (primary N) is 1. The summed E-state index contributed by atoms with van der Waals surface area (Å²) in [4.78, 5) is 54.8. The van der Waals surface area contributed by atoms with E-state index in [4.69, 9.17) is 5.73 Å².